The molecule has 0 saturated heterocycles. The van der Waals surface area contributed by atoms with Gasteiger partial charge in [-0.15, -0.1) is 0 Å². The van der Waals surface area contributed by atoms with Crippen LogP contribution in [0.1, 0.15) is 43.7 Å². The number of rotatable bonds is 3. The molecule has 1 aromatic rings. The largest absolute Gasteiger partial charge is 0.390 e. The highest BCUT2D eigenvalue weighted by Gasteiger charge is 2.40. The number of hydrogen-bond acceptors (Lipinski definition) is 1. The zero-order valence-corrected chi connectivity index (χ0v) is 9.56. The molecule has 88 valence electrons. The molecule has 1 aliphatic carbocycles. The summed E-state index contributed by atoms with van der Waals surface area (Å²) in [5.74, 6) is -1.03. The van der Waals surface area contributed by atoms with Crippen molar-refractivity contribution in [2.24, 2.45) is 0 Å². The first-order chi connectivity index (χ1) is 7.41. The Morgan fingerprint density at radius 3 is 2.38 bits per heavy atom. The lowest BCUT2D eigenvalue weighted by atomic mass is 9.96. The molecule has 0 atom stereocenters. The van der Waals surface area contributed by atoms with Crippen molar-refractivity contribution in [3.63, 3.8) is 0 Å². The van der Waals surface area contributed by atoms with E-state index >= 15 is 0 Å². The standard InChI is InChI=1S/C13H16F2O/c1-8(2)10-5-9(7-13(16)3-4-13)11(14)6-12(10)15/h5-6,8,16H,3-4,7H2,1-2H3. The van der Waals surface area contributed by atoms with Crippen LogP contribution >= 0.6 is 0 Å². The molecule has 0 spiro atoms. The number of halogens is 2. The van der Waals surface area contributed by atoms with Crippen molar-refractivity contribution in [3.05, 3.63) is 34.9 Å². The van der Waals surface area contributed by atoms with Gasteiger partial charge in [-0.1, -0.05) is 13.8 Å². The van der Waals surface area contributed by atoms with Crippen LogP contribution in [0.25, 0.3) is 0 Å². The van der Waals surface area contributed by atoms with Crippen LogP contribution in [0.3, 0.4) is 0 Å². The zero-order valence-electron chi connectivity index (χ0n) is 9.56. The van der Waals surface area contributed by atoms with Crippen molar-refractivity contribution >= 4 is 0 Å². The Labute approximate surface area is 94.1 Å². The first-order valence-corrected chi connectivity index (χ1v) is 5.61. The van der Waals surface area contributed by atoms with Crippen LogP contribution in [-0.4, -0.2) is 10.7 Å². The third-order valence-electron chi connectivity index (χ3n) is 3.13. The van der Waals surface area contributed by atoms with Gasteiger partial charge in [0.05, 0.1) is 5.60 Å². The Morgan fingerprint density at radius 1 is 1.25 bits per heavy atom. The lowest BCUT2D eigenvalue weighted by molar-refractivity contribution is 0.149. The molecule has 0 unspecified atom stereocenters. The van der Waals surface area contributed by atoms with Crippen LogP contribution in [0.5, 0.6) is 0 Å². The molecule has 0 aliphatic heterocycles. The van der Waals surface area contributed by atoms with Crippen molar-refractivity contribution in [2.45, 2.75) is 44.6 Å². The van der Waals surface area contributed by atoms with Crippen molar-refractivity contribution in [1.29, 1.82) is 0 Å². The van der Waals surface area contributed by atoms with Gasteiger partial charge in [0.15, 0.2) is 0 Å². The van der Waals surface area contributed by atoms with E-state index in [0.29, 0.717) is 30.4 Å². The summed E-state index contributed by atoms with van der Waals surface area (Å²) in [5, 5.41) is 9.75. The Morgan fingerprint density at radius 2 is 1.88 bits per heavy atom. The molecule has 1 aromatic carbocycles. The summed E-state index contributed by atoms with van der Waals surface area (Å²) in [7, 11) is 0. The van der Waals surface area contributed by atoms with E-state index in [-0.39, 0.29) is 5.92 Å². The Bertz CT molecular complexity index is 409. The van der Waals surface area contributed by atoms with Gasteiger partial charge in [0.2, 0.25) is 0 Å². The van der Waals surface area contributed by atoms with Crippen molar-refractivity contribution in [2.75, 3.05) is 0 Å². The van der Waals surface area contributed by atoms with Crippen LogP contribution < -0.4 is 0 Å². The third kappa shape index (κ3) is 2.24. The average Bonchev–Trinajstić information content (AvgIpc) is 2.88. The summed E-state index contributed by atoms with van der Waals surface area (Å²) in [6.07, 6.45) is 1.71. The fourth-order valence-corrected chi connectivity index (χ4v) is 1.87. The van der Waals surface area contributed by atoms with Gasteiger partial charge in [-0.2, -0.15) is 0 Å². The van der Waals surface area contributed by atoms with Gasteiger partial charge in [0.25, 0.3) is 0 Å². The maximum absolute atomic E-state index is 13.5. The average molecular weight is 226 g/mol. The normalized spacial score (nSPS) is 17.9. The second-order valence-corrected chi connectivity index (χ2v) is 5.02. The minimum Gasteiger partial charge on any atom is -0.390 e. The van der Waals surface area contributed by atoms with Gasteiger partial charge in [-0.3, -0.25) is 0 Å². The smallest absolute Gasteiger partial charge is 0.129 e. The Hall–Kier alpha value is -0.960. The molecule has 0 heterocycles. The summed E-state index contributed by atoms with van der Waals surface area (Å²) < 4.78 is 26.9. The lowest BCUT2D eigenvalue weighted by Gasteiger charge is -2.13. The summed E-state index contributed by atoms with van der Waals surface area (Å²) >= 11 is 0. The van der Waals surface area contributed by atoms with Gasteiger partial charge in [-0.25, -0.2) is 8.78 Å². The number of benzene rings is 1. The van der Waals surface area contributed by atoms with Crippen LogP contribution in [0.15, 0.2) is 12.1 Å². The molecule has 3 heteroatoms. The number of hydrogen-bond donors (Lipinski definition) is 1. The molecule has 0 amide bonds. The van der Waals surface area contributed by atoms with Gasteiger partial charge in [-0.05, 0) is 36.0 Å². The van der Waals surface area contributed by atoms with Crippen molar-refractivity contribution in [1.82, 2.24) is 0 Å². The van der Waals surface area contributed by atoms with Crippen LogP contribution in [0, 0.1) is 11.6 Å². The van der Waals surface area contributed by atoms with Crippen molar-refractivity contribution in [3.8, 4) is 0 Å². The minimum absolute atomic E-state index is 0.0215. The maximum Gasteiger partial charge on any atom is 0.129 e. The third-order valence-corrected chi connectivity index (χ3v) is 3.13. The van der Waals surface area contributed by atoms with Crippen LogP contribution in [0.4, 0.5) is 8.78 Å². The molecule has 0 radical (unpaired) electrons. The van der Waals surface area contributed by atoms with Crippen LogP contribution in [0.2, 0.25) is 0 Å². The van der Waals surface area contributed by atoms with E-state index in [1.54, 1.807) is 6.07 Å². The molecule has 0 bridgehead atoms. The molecule has 1 nitrogen and oxygen atoms in total. The van der Waals surface area contributed by atoms with Gasteiger partial charge in [0, 0.05) is 12.5 Å². The molecule has 16 heavy (non-hydrogen) atoms. The van der Waals surface area contributed by atoms with Crippen molar-refractivity contribution < 1.29 is 13.9 Å². The monoisotopic (exact) mass is 226 g/mol. The predicted molar refractivity (Wildman–Crippen MR) is 58.3 cm³/mol. The highest BCUT2D eigenvalue weighted by Crippen LogP contribution is 2.39. The lowest BCUT2D eigenvalue weighted by Crippen LogP contribution is -2.13. The molecule has 2 rings (SSSR count). The topological polar surface area (TPSA) is 20.2 Å². The Kier molecular flexibility index (Phi) is 2.74. The summed E-state index contributed by atoms with van der Waals surface area (Å²) in [4.78, 5) is 0. The van der Waals surface area contributed by atoms with Gasteiger partial charge in [0.1, 0.15) is 11.6 Å². The van der Waals surface area contributed by atoms with E-state index in [0.717, 1.165) is 6.07 Å². The first kappa shape index (κ1) is 11.5. The molecule has 1 saturated carbocycles. The Balaban J connectivity index is 2.33. The second-order valence-electron chi connectivity index (χ2n) is 5.02. The maximum atomic E-state index is 13.5. The first-order valence-electron chi connectivity index (χ1n) is 5.61. The number of aliphatic hydroxyl groups is 1. The summed E-state index contributed by atoms with van der Waals surface area (Å²) in [6, 6.07) is 2.47. The van der Waals surface area contributed by atoms with E-state index in [2.05, 4.69) is 0 Å². The molecular formula is C13H16F2O. The molecule has 1 N–H and O–H groups in total. The van der Waals surface area contributed by atoms with E-state index in [1.807, 2.05) is 13.8 Å². The second kappa shape index (κ2) is 3.81. The summed E-state index contributed by atoms with van der Waals surface area (Å²) in [6.45, 7) is 3.73. The minimum atomic E-state index is -0.743. The predicted octanol–water partition coefficient (Wildman–Crippen LogP) is 3.16. The molecule has 1 fully saturated rings. The van der Waals surface area contributed by atoms with E-state index in [4.69, 9.17) is 0 Å². The highest BCUT2D eigenvalue weighted by atomic mass is 19.1. The quantitative estimate of drug-likeness (QED) is 0.839. The summed E-state index contributed by atoms with van der Waals surface area (Å²) in [5.41, 5.74) is 0.193. The molecule has 1 aliphatic rings. The molecule has 0 aromatic heterocycles. The van der Waals surface area contributed by atoms with E-state index < -0.39 is 17.2 Å². The van der Waals surface area contributed by atoms with E-state index in [9.17, 15) is 13.9 Å². The molecular weight excluding hydrogens is 210 g/mol. The van der Waals surface area contributed by atoms with Gasteiger partial charge >= 0.3 is 0 Å². The SMILES string of the molecule is CC(C)c1cc(CC2(O)CC2)c(F)cc1F. The zero-order chi connectivity index (χ0) is 11.9. The van der Waals surface area contributed by atoms with Crippen LogP contribution in [-0.2, 0) is 6.42 Å². The fourth-order valence-electron chi connectivity index (χ4n) is 1.87. The fraction of sp³-hybridized carbons (Fsp3) is 0.538. The van der Waals surface area contributed by atoms with E-state index in [1.165, 1.54) is 0 Å². The van der Waals surface area contributed by atoms with Gasteiger partial charge < -0.3 is 5.11 Å². The highest BCUT2D eigenvalue weighted by molar-refractivity contribution is 5.30.